The molecule has 1 amide bonds. The van der Waals surface area contributed by atoms with E-state index in [1.165, 1.54) is 5.56 Å². The number of rotatable bonds is 7. The van der Waals surface area contributed by atoms with Crippen molar-refractivity contribution in [2.75, 3.05) is 20.7 Å². The Kier molecular flexibility index (Phi) is 5.98. The first-order valence-corrected chi connectivity index (χ1v) is 10.4. The van der Waals surface area contributed by atoms with Gasteiger partial charge < -0.3 is 0 Å². The molecule has 0 radical (unpaired) electrons. The second kappa shape index (κ2) is 8.82. The van der Waals surface area contributed by atoms with Crippen LogP contribution in [0.2, 0.25) is 0 Å². The molecule has 0 aliphatic carbocycles. The zero-order valence-electron chi connectivity index (χ0n) is 17.6. The molecule has 0 saturated carbocycles. The third-order valence-corrected chi connectivity index (χ3v) is 5.99. The van der Waals surface area contributed by atoms with Gasteiger partial charge >= 0.3 is 0 Å². The van der Waals surface area contributed by atoms with Crippen LogP contribution < -0.4 is 0 Å². The second-order valence-corrected chi connectivity index (χ2v) is 7.99. The smallest absolute Gasteiger partial charge is 0.261 e. The number of hydrogen-bond donors (Lipinski definition) is 0. The van der Waals surface area contributed by atoms with Gasteiger partial charge in [0, 0.05) is 13.1 Å². The highest BCUT2D eigenvalue weighted by Crippen LogP contribution is 2.44. The maximum absolute atomic E-state index is 13.8. The van der Waals surface area contributed by atoms with Crippen LogP contribution in [0.3, 0.4) is 0 Å². The lowest BCUT2D eigenvalue weighted by Crippen LogP contribution is -2.41. The summed E-state index contributed by atoms with van der Waals surface area (Å²) in [5.74, 6) is 0.000473. The van der Waals surface area contributed by atoms with Crippen molar-refractivity contribution in [2.45, 2.75) is 24.4 Å². The maximum atomic E-state index is 13.8. The Morgan fingerprint density at radius 3 is 1.90 bits per heavy atom. The average molecular weight is 401 g/mol. The first kappa shape index (κ1) is 20.3. The summed E-state index contributed by atoms with van der Waals surface area (Å²) in [5, 5.41) is 1.58. The Morgan fingerprint density at radius 2 is 1.40 bits per heavy atom. The van der Waals surface area contributed by atoms with Gasteiger partial charge in [0.15, 0.2) is 0 Å². The lowest BCUT2D eigenvalue weighted by molar-refractivity contribution is -0.180. The van der Waals surface area contributed by atoms with Crippen LogP contribution in [0.25, 0.3) is 0 Å². The fraction of sp³-hybridized carbons (Fsp3) is 0.269. The van der Waals surface area contributed by atoms with Crippen LogP contribution in [0.4, 0.5) is 0 Å². The molecule has 0 spiro atoms. The molecular formula is C26H28N2O2. The van der Waals surface area contributed by atoms with Crippen LogP contribution in [0.5, 0.6) is 0 Å². The first-order valence-electron chi connectivity index (χ1n) is 10.4. The Balaban J connectivity index is 1.66. The number of hydroxylamine groups is 2. The van der Waals surface area contributed by atoms with Crippen LogP contribution >= 0.6 is 0 Å². The largest absolute Gasteiger partial charge is 0.300 e. The van der Waals surface area contributed by atoms with Crippen molar-refractivity contribution < 1.29 is 9.63 Å². The second-order valence-electron chi connectivity index (χ2n) is 7.99. The van der Waals surface area contributed by atoms with Gasteiger partial charge in [0.25, 0.3) is 5.91 Å². The predicted octanol–water partition coefficient (Wildman–Crippen LogP) is 4.27. The third kappa shape index (κ3) is 3.76. The van der Waals surface area contributed by atoms with Crippen molar-refractivity contribution in [1.29, 1.82) is 0 Å². The Labute approximate surface area is 178 Å². The summed E-state index contributed by atoms with van der Waals surface area (Å²) < 4.78 is 0. The van der Waals surface area contributed by atoms with E-state index in [0.717, 1.165) is 24.2 Å². The SMILES string of the molecule is CON1C(=O)C(c2ccccc2)(c2ccccc2)CC1CN(C)Cc1ccccc1. The van der Waals surface area contributed by atoms with E-state index in [4.69, 9.17) is 4.84 Å². The van der Waals surface area contributed by atoms with E-state index < -0.39 is 5.41 Å². The van der Waals surface area contributed by atoms with Gasteiger partial charge in [-0.05, 0) is 30.2 Å². The molecule has 4 nitrogen and oxygen atoms in total. The summed E-state index contributed by atoms with van der Waals surface area (Å²) >= 11 is 0. The quantitative estimate of drug-likeness (QED) is 0.594. The molecule has 0 N–H and O–H groups in total. The van der Waals surface area contributed by atoms with Crippen LogP contribution in [0.15, 0.2) is 91.0 Å². The molecule has 3 aromatic carbocycles. The summed E-state index contributed by atoms with van der Waals surface area (Å²) in [6, 6.07) is 30.5. The van der Waals surface area contributed by atoms with Gasteiger partial charge in [-0.15, -0.1) is 0 Å². The number of amides is 1. The molecule has 30 heavy (non-hydrogen) atoms. The van der Waals surface area contributed by atoms with Crippen LogP contribution in [-0.2, 0) is 21.6 Å². The van der Waals surface area contributed by atoms with Crippen LogP contribution in [0.1, 0.15) is 23.1 Å². The lowest BCUT2D eigenvalue weighted by atomic mass is 9.72. The summed E-state index contributed by atoms with van der Waals surface area (Å²) in [4.78, 5) is 21.7. The van der Waals surface area contributed by atoms with Gasteiger partial charge in [-0.25, -0.2) is 5.06 Å². The fourth-order valence-corrected chi connectivity index (χ4v) is 4.66. The predicted molar refractivity (Wildman–Crippen MR) is 119 cm³/mol. The fourth-order valence-electron chi connectivity index (χ4n) is 4.66. The first-order chi connectivity index (χ1) is 14.6. The summed E-state index contributed by atoms with van der Waals surface area (Å²) in [5.41, 5.74) is 2.54. The van der Waals surface area contributed by atoms with Gasteiger partial charge in [-0.2, -0.15) is 0 Å². The minimum atomic E-state index is -0.739. The van der Waals surface area contributed by atoms with Gasteiger partial charge in [0.2, 0.25) is 0 Å². The molecule has 4 heteroatoms. The Morgan fingerprint density at radius 1 is 0.900 bits per heavy atom. The monoisotopic (exact) mass is 400 g/mol. The van der Waals surface area contributed by atoms with Crippen LogP contribution in [0, 0.1) is 0 Å². The summed E-state index contributed by atoms with van der Waals surface area (Å²) in [6.45, 7) is 1.56. The Hall–Kier alpha value is -2.95. The molecule has 0 aromatic heterocycles. The zero-order chi connectivity index (χ0) is 21.0. The lowest BCUT2D eigenvalue weighted by Gasteiger charge is -2.28. The standard InChI is InChI=1S/C26H28N2O2/c1-27(19-21-12-6-3-7-13-21)20-24-18-26(25(29)28(24)30-2,22-14-8-4-9-15-22)23-16-10-5-11-17-23/h3-17,24H,18-20H2,1-2H3. The zero-order valence-corrected chi connectivity index (χ0v) is 17.6. The van der Waals surface area contributed by atoms with E-state index in [0.29, 0.717) is 6.42 Å². The minimum Gasteiger partial charge on any atom is -0.300 e. The molecule has 1 aliphatic heterocycles. The molecule has 1 unspecified atom stereocenters. The van der Waals surface area contributed by atoms with Gasteiger partial charge in [-0.1, -0.05) is 91.0 Å². The van der Waals surface area contributed by atoms with E-state index in [9.17, 15) is 4.79 Å². The molecule has 1 aliphatic rings. The van der Waals surface area contributed by atoms with Crippen molar-refractivity contribution in [1.82, 2.24) is 9.96 Å². The highest BCUT2D eigenvalue weighted by atomic mass is 16.7. The number of hydrogen-bond acceptors (Lipinski definition) is 3. The molecular weight excluding hydrogens is 372 g/mol. The molecule has 1 fully saturated rings. The van der Waals surface area contributed by atoms with Crippen molar-refractivity contribution in [3.05, 3.63) is 108 Å². The van der Waals surface area contributed by atoms with E-state index in [1.807, 2.05) is 42.5 Å². The molecule has 1 heterocycles. The number of carbonyl (C=O) groups is 1. The minimum absolute atomic E-state index is 0.000473. The highest BCUT2D eigenvalue weighted by Gasteiger charge is 2.54. The molecule has 3 aromatic rings. The normalized spacial score (nSPS) is 18.2. The van der Waals surface area contributed by atoms with E-state index in [2.05, 4.69) is 60.5 Å². The molecule has 154 valence electrons. The average Bonchev–Trinajstić information content (AvgIpc) is 3.07. The van der Waals surface area contributed by atoms with Crippen molar-refractivity contribution in [3.8, 4) is 0 Å². The van der Waals surface area contributed by atoms with Crippen molar-refractivity contribution in [3.63, 3.8) is 0 Å². The van der Waals surface area contributed by atoms with Crippen molar-refractivity contribution in [2.24, 2.45) is 0 Å². The van der Waals surface area contributed by atoms with E-state index in [1.54, 1.807) is 12.2 Å². The van der Waals surface area contributed by atoms with Gasteiger partial charge in [-0.3, -0.25) is 14.5 Å². The number of nitrogens with zero attached hydrogens (tertiary/aromatic N) is 2. The number of likely N-dealkylation sites (N-methyl/N-ethyl adjacent to an activating group) is 1. The third-order valence-electron chi connectivity index (χ3n) is 5.99. The van der Waals surface area contributed by atoms with E-state index in [-0.39, 0.29) is 11.9 Å². The van der Waals surface area contributed by atoms with Gasteiger partial charge in [0.1, 0.15) is 5.41 Å². The molecule has 1 atom stereocenters. The summed E-state index contributed by atoms with van der Waals surface area (Å²) in [6.07, 6.45) is 0.673. The van der Waals surface area contributed by atoms with E-state index >= 15 is 0 Å². The Bertz CT molecular complexity index is 921. The topological polar surface area (TPSA) is 32.8 Å². The maximum Gasteiger partial charge on any atom is 0.261 e. The molecule has 4 rings (SSSR count). The number of benzene rings is 3. The van der Waals surface area contributed by atoms with Gasteiger partial charge in [0.05, 0.1) is 13.2 Å². The summed E-state index contributed by atoms with van der Waals surface area (Å²) in [7, 11) is 3.69. The van der Waals surface area contributed by atoms with Crippen molar-refractivity contribution >= 4 is 5.91 Å². The van der Waals surface area contributed by atoms with Crippen LogP contribution in [-0.4, -0.2) is 42.6 Å². The number of carbonyl (C=O) groups excluding carboxylic acids is 1. The molecule has 1 saturated heterocycles. The molecule has 0 bridgehead atoms. The highest BCUT2D eigenvalue weighted by molar-refractivity contribution is 5.94.